The van der Waals surface area contributed by atoms with E-state index in [2.05, 4.69) is 36.4 Å². The van der Waals surface area contributed by atoms with Gasteiger partial charge in [-0.1, -0.05) is 45.0 Å². The van der Waals surface area contributed by atoms with E-state index in [1.54, 1.807) is 24.0 Å². The van der Waals surface area contributed by atoms with Crippen LogP contribution in [0.2, 0.25) is 0 Å². The summed E-state index contributed by atoms with van der Waals surface area (Å²) in [7, 11) is 1.72. The fourth-order valence-corrected chi connectivity index (χ4v) is 4.29. The molecule has 0 unspecified atom stereocenters. The fourth-order valence-electron chi connectivity index (χ4n) is 3.75. The first kappa shape index (κ1) is 23.4. The Labute approximate surface area is 203 Å². The van der Waals surface area contributed by atoms with E-state index in [-0.39, 0.29) is 16.9 Å². The summed E-state index contributed by atoms with van der Waals surface area (Å²) in [6.45, 7) is 8.41. The van der Waals surface area contributed by atoms with Crippen LogP contribution < -0.4 is 16.2 Å². The van der Waals surface area contributed by atoms with Crippen LogP contribution in [0.1, 0.15) is 42.3 Å². The van der Waals surface area contributed by atoms with Gasteiger partial charge < -0.3 is 15.2 Å². The van der Waals surface area contributed by atoms with Gasteiger partial charge in [0.05, 0.1) is 0 Å². The number of benzene rings is 2. The molecular formula is C27H28N4O2S. The summed E-state index contributed by atoms with van der Waals surface area (Å²) in [6, 6.07) is 15.3. The molecule has 4 rings (SSSR count). The minimum Gasteiger partial charge on any atom is -0.327 e. The molecule has 2 aromatic heterocycles. The maximum absolute atomic E-state index is 12.9. The average Bonchev–Trinajstić information content (AvgIpc) is 3.31. The lowest BCUT2D eigenvalue weighted by Gasteiger charge is -2.19. The number of aromatic nitrogens is 2. The topological polar surface area (TPSA) is 76.0 Å². The van der Waals surface area contributed by atoms with Crippen LogP contribution in [-0.2, 0) is 12.5 Å². The van der Waals surface area contributed by atoms with Crippen LogP contribution in [0, 0.1) is 6.92 Å². The van der Waals surface area contributed by atoms with Gasteiger partial charge in [0.2, 0.25) is 0 Å². The number of aryl methyl sites for hydroxylation is 1. The first-order valence-electron chi connectivity index (χ1n) is 11.0. The lowest BCUT2D eigenvalue weighted by atomic mass is 9.86. The van der Waals surface area contributed by atoms with Crippen molar-refractivity contribution >= 4 is 33.8 Å². The molecule has 0 saturated heterocycles. The monoisotopic (exact) mass is 472 g/mol. The van der Waals surface area contributed by atoms with Gasteiger partial charge in [0.25, 0.3) is 11.5 Å². The molecule has 0 spiro atoms. The summed E-state index contributed by atoms with van der Waals surface area (Å²) < 4.78 is 1.55. The highest BCUT2D eigenvalue weighted by atomic mass is 32.1. The SMILES string of the molecule is Cc1c(NC(=O)c2ccc(C(C)(C)C)cc2)cccc1-c1cc(Nc2nccs2)c(=O)n(C)c1. The molecule has 1 amide bonds. The fraction of sp³-hybridized carbons (Fsp3) is 0.222. The largest absolute Gasteiger partial charge is 0.327 e. The number of carbonyl (C=O) groups excluding carboxylic acids is 1. The lowest BCUT2D eigenvalue weighted by Crippen LogP contribution is -2.19. The molecule has 0 fully saturated rings. The van der Waals surface area contributed by atoms with Gasteiger partial charge in [-0.15, -0.1) is 11.3 Å². The van der Waals surface area contributed by atoms with Crippen molar-refractivity contribution in [3.8, 4) is 11.1 Å². The summed E-state index contributed by atoms with van der Waals surface area (Å²) >= 11 is 1.43. The van der Waals surface area contributed by atoms with Gasteiger partial charge in [0.1, 0.15) is 5.69 Å². The molecule has 34 heavy (non-hydrogen) atoms. The second-order valence-electron chi connectivity index (χ2n) is 9.28. The maximum Gasteiger partial charge on any atom is 0.274 e. The molecule has 0 saturated carbocycles. The van der Waals surface area contributed by atoms with Crippen LogP contribution in [0.15, 0.2) is 71.1 Å². The standard InChI is InChI=1S/C27H28N4O2S/c1-17-21(19-15-23(25(33)31(5)16-19)30-26-28-13-14-34-26)7-6-8-22(17)29-24(32)18-9-11-20(12-10-18)27(2,3)4/h6-16H,1-5H3,(H,28,30)(H,29,32). The van der Waals surface area contributed by atoms with Crippen molar-refractivity contribution < 1.29 is 4.79 Å². The van der Waals surface area contributed by atoms with Crippen molar-refractivity contribution in [2.75, 3.05) is 10.6 Å². The number of nitrogens with zero attached hydrogens (tertiary/aromatic N) is 2. The smallest absolute Gasteiger partial charge is 0.274 e. The molecule has 0 atom stereocenters. The summed E-state index contributed by atoms with van der Waals surface area (Å²) in [5.41, 5.74) is 5.56. The Kier molecular flexibility index (Phi) is 6.39. The highest BCUT2D eigenvalue weighted by molar-refractivity contribution is 7.13. The third-order valence-corrected chi connectivity index (χ3v) is 6.45. The van der Waals surface area contributed by atoms with E-state index < -0.39 is 0 Å². The zero-order valence-corrected chi connectivity index (χ0v) is 20.8. The van der Waals surface area contributed by atoms with Crippen molar-refractivity contribution in [3.63, 3.8) is 0 Å². The first-order valence-corrected chi connectivity index (χ1v) is 11.9. The quantitative estimate of drug-likeness (QED) is 0.367. The zero-order chi connectivity index (χ0) is 24.5. The van der Waals surface area contributed by atoms with E-state index in [0.717, 1.165) is 22.4 Å². The van der Waals surface area contributed by atoms with Gasteiger partial charge in [-0.25, -0.2) is 4.98 Å². The molecule has 2 heterocycles. The van der Waals surface area contributed by atoms with Gasteiger partial charge >= 0.3 is 0 Å². The van der Waals surface area contributed by atoms with Gasteiger partial charge in [0, 0.05) is 41.6 Å². The molecule has 0 bridgehead atoms. The summed E-state index contributed by atoms with van der Waals surface area (Å²) in [6.07, 6.45) is 3.49. The Bertz CT molecular complexity index is 1380. The number of hydrogen-bond acceptors (Lipinski definition) is 5. The van der Waals surface area contributed by atoms with Gasteiger partial charge in [-0.2, -0.15) is 0 Å². The maximum atomic E-state index is 12.9. The van der Waals surface area contributed by atoms with E-state index in [4.69, 9.17) is 0 Å². The molecule has 0 aliphatic carbocycles. The third kappa shape index (κ3) is 4.94. The van der Waals surface area contributed by atoms with Crippen LogP contribution in [0.25, 0.3) is 11.1 Å². The normalized spacial score (nSPS) is 11.3. The Hall–Kier alpha value is -3.71. The molecule has 0 radical (unpaired) electrons. The number of nitrogens with one attached hydrogen (secondary N) is 2. The molecule has 2 N–H and O–H groups in total. The second kappa shape index (κ2) is 9.27. The van der Waals surface area contributed by atoms with Gasteiger partial charge in [0.15, 0.2) is 5.13 Å². The second-order valence-corrected chi connectivity index (χ2v) is 10.2. The van der Waals surface area contributed by atoms with Crippen LogP contribution in [-0.4, -0.2) is 15.5 Å². The number of anilines is 3. The number of pyridine rings is 1. The Morgan fingerprint density at radius 3 is 2.44 bits per heavy atom. The third-order valence-electron chi connectivity index (χ3n) is 5.76. The molecular weight excluding hydrogens is 444 g/mol. The summed E-state index contributed by atoms with van der Waals surface area (Å²) in [5.74, 6) is -0.160. The first-order chi connectivity index (χ1) is 16.1. The minimum atomic E-state index is -0.160. The molecule has 2 aromatic carbocycles. The van der Waals surface area contributed by atoms with E-state index in [1.165, 1.54) is 16.9 Å². The highest BCUT2D eigenvalue weighted by Crippen LogP contribution is 2.30. The van der Waals surface area contributed by atoms with Gasteiger partial charge in [-0.3, -0.25) is 9.59 Å². The van der Waals surface area contributed by atoms with Crippen molar-refractivity contribution in [1.82, 2.24) is 9.55 Å². The van der Waals surface area contributed by atoms with Crippen LogP contribution >= 0.6 is 11.3 Å². The minimum absolute atomic E-state index is 0.0307. The molecule has 4 aromatic rings. The molecule has 0 aliphatic heterocycles. The molecule has 0 aliphatic rings. The van der Waals surface area contributed by atoms with Crippen LogP contribution in [0.5, 0.6) is 0 Å². The number of amides is 1. The molecule has 7 heteroatoms. The Balaban J connectivity index is 1.63. The predicted octanol–water partition coefficient (Wildman–Crippen LogP) is 6.11. The number of rotatable bonds is 5. The lowest BCUT2D eigenvalue weighted by molar-refractivity contribution is 0.102. The number of hydrogen-bond donors (Lipinski definition) is 2. The zero-order valence-electron chi connectivity index (χ0n) is 20.0. The van der Waals surface area contributed by atoms with Crippen molar-refractivity contribution in [1.29, 1.82) is 0 Å². The van der Waals surface area contributed by atoms with Crippen LogP contribution in [0.4, 0.5) is 16.5 Å². The molecule has 174 valence electrons. The number of carbonyl (C=O) groups is 1. The predicted molar refractivity (Wildman–Crippen MR) is 140 cm³/mol. The summed E-state index contributed by atoms with van der Waals surface area (Å²) in [4.78, 5) is 29.8. The van der Waals surface area contributed by atoms with E-state index in [9.17, 15) is 9.59 Å². The van der Waals surface area contributed by atoms with E-state index >= 15 is 0 Å². The van der Waals surface area contributed by atoms with Crippen molar-refractivity contribution in [2.24, 2.45) is 7.05 Å². The number of thiazole rings is 1. The van der Waals surface area contributed by atoms with Crippen molar-refractivity contribution in [2.45, 2.75) is 33.1 Å². The Morgan fingerprint density at radius 1 is 1.06 bits per heavy atom. The van der Waals surface area contributed by atoms with Crippen molar-refractivity contribution in [3.05, 3.63) is 93.3 Å². The average molecular weight is 473 g/mol. The van der Waals surface area contributed by atoms with Crippen LogP contribution in [0.3, 0.4) is 0 Å². The highest BCUT2D eigenvalue weighted by Gasteiger charge is 2.16. The van der Waals surface area contributed by atoms with E-state index in [0.29, 0.717) is 16.4 Å². The Morgan fingerprint density at radius 2 is 1.79 bits per heavy atom. The molecule has 6 nitrogen and oxygen atoms in total. The van der Waals surface area contributed by atoms with Gasteiger partial charge in [-0.05, 0) is 53.3 Å². The van der Waals surface area contributed by atoms with E-state index in [1.807, 2.05) is 60.8 Å². The summed E-state index contributed by atoms with van der Waals surface area (Å²) in [5, 5.41) is 8.66.